The van der Waals surface area contributed by atoms with Crippen molar-refractivity contribution in [2.45, 2.75) is 13.3 Å². The van der Waals surface area contributed by atoms with E-state index in [0.29, 0.717) is 17.7 Å². The maximum absolute atomic E-state index is 10.9. The summed E-state index contributed by atoms with van der Waals surface area (Å²) in [6, 6.07) is 6.97. The number of aliphatic carboxylic acids is 1. The molecule has 100 valence electrons. The molecule has 0 aliphatic heterocycles. The summed E-state index contributed by atoms with van der Waals surface area (Å²) in [7, 11) is 1.78. The summed E-state index contributed by atoms with van der Waals surface area (Å²) in [5, 5.41) is 23.2. The van der Waals surface area contributed by atoms with Gasteiger partial charge in [0.05, 0.1) is 11.6 Å². The van der Waals surface area contributed by atoms with Crippen LogP contribution in [0.15, 0.2) is 30.5 Å². The van der Waals surface area contributed by atoms with Gasteiger partial charge in [-0.3, -0.25) is 9.48 Å². The molecule has 1 heterocycles. The molecule has 1 aromatic carbocycles. The number of aryl methyl sites for hydroxylation is 1. The standard InChI is InChI=1S/C14H16N2O3/c1-9(14(18)19)7-12-11(8-16(2)15-12)10-5-3-4-6-13(10)17/h3-6,8-9,17H,7H2,1-2H3,(H,18,19). The van der Waals surface area contributed by atoms with Crippen LogP contribution in [0, 0.1) is 5.92 Å². The first-order valence-corrected chi connectivity index (χ1v) is 6.02. The Kier molecular flexibility index (Phi) is 3.55. The van der Waals surface area contributed by atoms with E-state index in [-0.39, 0.29) is 5.75 Å². The van der Waals surface area contributed by atoms with Gasteiger partial charge in [-0.2, -0.15) is 5.10 Å². The molecule has 1 aromatic heterocycles. The lowest BCUT2D eigenvalue weighted by Gasteiger charge is -2.07. The van der Waals surface area contributed by atoms with Crippen molar-refractivity contribution in [1.29, 1.82) is 0 Å². The molecule has 2 aromatic rings. The lowest BCUT2D eigenvalue weighted by molar-refractivity contribution is -0.141. The van der Waals surface area contributed by atoms with Crippen molar-refractivity contribution in [2.24, 2.45) is 13.0 Å². The van der Waals surface area contributed by atoms with Crippen molar-refractivity contribution in [2.75, 3.05) is 0 Å². The Morgan fingerprint density at radius 2 is 2.05 bits per heavy atom. The minimum Gasteiger partial charge on any atom is -0.507 e. The van der Waals surface area contributed by atoms with E-state index < -0.39 is 11.9 Å². The van der Waals surface area contributed by atoms with E-state index in [1.807, 2.05) is 6.07 Å². The molecule has 0 saturated carbocycles. The highest BCUT2D eigenvalue weighted by Gasteiger charge is 2.18. The molecule has 0 spiro atoms. The number of carbonyl (C=O) groups is 1. The number of hydrogen-bond acceptors (Lipinski definition) is 3. The zero-order valence-electron chi connectivity index (χ0n) is 10.9. The number of phenols is 1. The van der Waals surface area contributed by atoms with Crippen LogP contribution in [0.25, 0.3) is 11.1 Å². The van der Waals surface area contributed by atoms with Crippen LogP contribution < -0.4 is 0 Å². The van der Waals surface area contributed by atoms with Gasteiger partial charge in [-0.25, -0.2) is 0 Å². The number of rotatable bonds is 4. The van der Waals surface area contributed by atoms with Crippen molar-refractivity contribution in [3.63, 3.8) is 0 Å². The predicted octanol–water partition coefficient (Wildman–Crippen LogP) is 2.06. The van der Waals surface area contributed by atoms with Crippen LogP contribution in [-0.4, -0.2) is 26.0 Å². The van der Waals surface area contributed by atoms with Crippen LogP contribution in [0.4, 0.5) is 0 Å². The molecule has 5 heteroatoms. The smallest absolute Gasteiger partial charge is 0.306 e. The van der Waals surface area contributed by atoms with Gasteiger partial charge in [-0.05, 0) is 6.07 Å². The fourth-order valence-corrected chi connectivity index (χ4v) is 1.99. The summed E-state index contributed by atoms with van der Waals surface area (Å²) in [4.78, 5) is 10.9. The molecule has 0 bridgehead atoms. The van der Waals surface area contributed by atoms with E-state index in [1.54, 1.807) is 43.0 Å². The molecular formula is C14H16N2O3. The number of nitrogens with zero attached hydrogens (tertiary/aromatic N) is 2. The highest BCUT2D eigenvalue weighted by molar-refractivity contribution is 5.73. The summed E-state index contributed by atoms with van der Waals surface area (Å²) in [6.07, 6.45) is 2.12. The van der Waals surface area contributed by atoms with E-state index in [4.69, 9.17) is 5.11 Å². The number of para-hydroxylation sites is 1. The fourth-order valence-electron chi connectivity index (χ4n) is 1.99. The molecule has 19 heavy (non-hydrogen) atoms. The van der Waals surface area contributed by atoms with Crippen molar-refractivity contribution < 1.29 is 15.0 Å². The summed E-state index contributed by atoms with van der Waals surface area (Å²) in [5.74, 6) is -1.20. The molecule has 1 atom stereocenters. The first-order chi connectivity index (χ1) is 8.99. The second-order valence-corrected chi connectivity index (χ2v) is 4.62. The van der Waals surface area contributed by atoms with Gasteiger partial charge in [0.25, 0.3) is 0 Å². The first kappa shape index (κ1) is 13.1. The second-order valence-electron chi connectivity index (χ2n) is 4.62. The Morgan fingerprint density at radius 3 is 2.68 bits per heavy atom. The molecule has 5 nitrogen and oxygen atoms in total. The van der Waals surface area contributed by atoms with Crippen molar-refractivity contribution in [3.8, 4) is 16.9 Å². The molecule has 0 radical (unpaired) electrons. The average molecular weight is 260 g/mol. The summed E-state index contributed by atoms with van der Waals surface area (Å²) in [5.41, 5.74) is 2.12. The number of benzene rings is 1. The number of hydrogen-bond donors (Lipinski definition) is 2. The molecule has 2 rings (SSSR count). The number of carboxylic acid groups (broad SMARTS) is 1. The van der Waals surface area contributed by atoms with Crippen LogP contribution >= 0.6 is 0 Å². The largest absolute Gasteiger partial charge is 0.507 e. The number of aromatic hydroxyl groups is 1. The summed E-state index contributed by atoms with van der Waals surface area (Å²) < 4.78 is 1.63. The van der Waals surface area contributed by atoms with Crippen LogP contribution in [0.3, 0.4) is 0 Å². The SMILES string of the molecule is CC(Cc1nn(C)cc1-c1ccccc1O)C(=O)O. The zero-order chi connectivity index (χ0) is 14.0. The third-order valence-electron chi connectivity index (χ3n) is 3.02. The third-order valence-corrected chi connectivity index (χ3v) is 3.02. The predicted molar refractivity (Wildman–Crippen MR) is 70.8 cm³/mol. The van der Waals surface area contributed by atoms with Gasteiger partial charge < -0.3 is 10.2 Å². The fraction of sp³-hybridized carbons (Fsp3) is 0.286. The topological polar surface area (TPSA) is 75.3 Å². The number of phenolic OH excluding ortho intramolecular Hbond substituents is 1. The van der Waals surface area contributed by atoms with Gasteiger partial charge in [0.1, 0.15) is 5.75 Å². The minimum atomic E-state index is -0.853. The van der Waals surface area contributed by atoms with Crippen molar-refractivity contribution >= 4 is 5.97 Å². The minimum absolute atomic E-state index is 0.166. The van der Waals surface area contributed by atoms with Crippen molar-refractivity contribution in [1.82, 2.24) is 9.78 Å². The molecule has 0 aliphatic carbocycles. The average Bonchev–Trinajstić information content (AvgIpc) is 2.70. The quantitative estimate of drug-likeness (QED) is 0.882. The van der Waals surface area contributed by atoms with Crippen LogP contribution in [0.5, 0.6) is 5.75 Å². The maximum Gasteiger partial charge on any atom is 0.306 e. The monoisotopic (exact) mass is 260 g/mol. The van der Waals surface area contributed by atoms with Crippen LogP contribution in [0.1, 0.15) is 12.6 Å². The van der Waals surface area contributed by atoms with Gasteiger partial charge in [-0.1, -0.05) is 25.1 Å². The van der Waals surface area contributed by atoms with E-state index in [2.05, 4.69) is 5.10 Å². The van der Waals surface area contributed by atoms with Gasteiger partial charge in [0.2, 0.25) is 0 Å². The van der Waals surface area contributed by atoms with Gasteiger partial charge >= 0.3 is 5.97 Å². The van der Waals surface area contributed by atoms with Gasteiger partial charge in [0.15, 0.2) is 0 Å². The third kappa shape index (κ3) is 2.76. The lowest BCUT2D eigenvalue weighted by atomic mass is 9.99. The highest BCUT2D eigenvalue weighted by Crippen LogP contribution is 2.31. The molecule has 2 N–H and O–H groups in total. The summed E-state index contributed by atoms with van der Waals surface area (Å²) >= 11 is 0. The molecule has 0 fully saturated rings. The van der Waals surface area contributed by atoms with E-state index in [9.17, 15) is 9.90 Å². The molecule has 1 unspecified atom stereocenters. The highest BCUT2D eigenvalue weighted by atomic mass is 16.4. The number of aromatic nitrogens is 2. The van der Waals surface area contributed by atoms with Crippen LogP contribution in [-0.2, 0) is 18.3 Å². The Morgan fingerprint density at radius 1 is 1.37 bits per heavy atom. The lowest BCUT2D eigenvalue weighted by Crippen LogP contribution is -2.13. The zero-order valence-corrected chi connectivity index (χ0v) is 10.9. The Labute approximate surface area is 111 Å². The Hall–Kier alpha value is -2.30. The molecular weight excluding hydrogens is 244 g/mol. The molecule has 0 amide bonds. The Balaban J connectivity index is 2.42. The van der Waals surface area contributed by atoms with Gasteiger partial charge in [0, 0.05) is 30.8 Å². The Bertz CT molecular complexity index is 604. The van der Waals surface area contributed by atoms with Crippen LogP contribution in [0.2, 0.25) is 0 Å². The maximum atomic E-state index is 10.9. The van der Waals surface area contributed by atoms with E-state index in [1.165, 1.54) is 0 Å². The second kappa shape index (κ2) is 5.14. The van der Waals surface area contributed by atoms with Crippen molar-refractivity contribution in [3.05, 3.63) is 36.2 Å². The molecule has 0 aliphatic rings. The summed E-state index contributed by atoms with van der Waals surface area (Å²) in [6.45, 7) is 1.64. The normalized spacial score (nSPS) is 12.3. The number of carboxylic acids is 1. The van der Waals surface area contributed by atoms with E-state index >= 15 is 0 Å². The van der Waals surface area contributed by atoms with E-state index in [0.717, 1.165) is 5.56 Å². The first-order valence-electron chi connectivity index (χ1n) is 6.02. The molecule has 0 saturated heterocycles. The van der Waals surface area contributed by atoms with Gasteiger partial charge in [-0.15, -0.1) is 0 Å².